The van der Waals surface area contributed by atoms with Crippen LogP contribution in [-0.2, 0) is 0 Å². The van der Waals surface area contributed by atoms with Gasteiger partial charge in [0, 0.05) is 5.92 Å². The lowest BCUT2D eigenvalue weighted by Gasteiger charge is -2.68. The van der Waals surface area contributed by atoms with Gasteiger partial charge in [0.1, 0.15) is 16.8 Å². The Bertz CT molecular complexity index is 709. The van der Waals surface area contributed by atoms with E-state index in [0.717, 1.165) is 5.57 Å². The fraction of sp³-hybridized carbons (Fsp3) is 0.905. The van der Waals surface area contributed by atoms with Crippen molar-refractivity contribution >= 4 is 0 Å². The first-order valence-corrected chi connectivity index (χ1v) is 10.4. The van der Waals surface area contributed by atoms with E-state index < -0.39 is 58.0 Å². The van der Waals surface area contributed by atoms with Gasteiger partial charge >= 0.3 is 0 Å². The molecule has 0 saturated heterocycles. The van der Waals surface area contributed by atoms with Crippen LogP contribution in [0.3, 0.4) is 0 Å². The summed E-state index contributed by atoms with van der Waals surface area (Å²) >= 11 is 0. The van der Waals surface area contributed by atoms with Crippen molar-refractivity contribution in [3.05, 3.63) is 11.6 Å². The van der Waals surface area contributed by atoms with Crippen LogP contribution in [0.4, 0.5) is 0 Å². The van der Waals surface area contributed by atoms with Crippen LogP contribution >= 0.6 is 0 Å². The van der Waals surface area contributed by atoms with E-state index in [1.165, 1.54) is 13.8 Å². The highest BCUT2D eigenvalue weighted by atomic mass is 16.4. The van der Waals surface area contributed by atoms with E-state index in [2.05, 4.69) is 0 Å². The lowest BCUT2D eigenvalue weighted by atomic mass is 9.41. The van der Waals surface area contributed by atoms with Crippen LogP contribution in [0.25, 0.3) is 0 Å². The molecule has 0 amide bonds. The van der Waals surface area contributed by atoms with Crippen LogP contribution in [0, 0.1) is 16.7 Å². The summed E-state index contributed by atoms with van der Waals surface area (Å²) in [7, 11) is 0. The second-order valence-electron chi connectivity index (χ2n) is 10.2. The Labute approximate surface area is 165 Å². The minimum absolute atomic E-state index is 0.00246. The lowest BCUT2D eigenvalue weighted by molar-refractivity contribution is -0.350. The summed E-state index contributed by atoms with van der Waals surface area (Å²) in [5.74, 6) is -0.850. The molecule has 0 unspecified atom stereocenters. The van der Waals surface area contributed by atoms with Gasteiger partial charge in [0.15, 0.2) is 0 Å². The van der Waals surface area contributed by atoms with Gasteiger partial charge in [0.25, 0.3) is 0 Å². The van der Waals surface area contributed by atoms with Crippen molar-refractivity contribution in [1.29, 1.82) is 0 Å². The Morgan fingerprint density at radius 1 is 1.04 bits per heavy atom. The van der Waals surface area contributed by atoms with Crippen molar-refractivity contribution in [3.63, 3.8) is 0 Å². The van der Waals surface area contributed by atoms with Crippen molar-refractivity contribution in [2.24, 2.45) is 16.7 Å². The zero-order valence-electron chi connectivity index (χ0n) is 16.8. The van der Waals surface area contributed by atoms with Crippen molar-refractivity contribution in [2.75, 3.05) is 0 Å². The fourth-order valence-electron chi connectivity index (χ4n) is 7.49. The summed E-state index contributed by atoms with van der Waals surface area (Å²) in [6.45, 7) is 4.77. The van der Waals surface area contributed by atoms with Gasteiger partial charge in [-0.3, -0.25) is 0 Å². The molecule has 0 aromatic heterocycles. The van der Waals surface area contributed by atoms with Crippen molar-refractivity contribution in [2.45, 2.75) is 101 Å². The third kappa shape index (κ3) is 1.99. The Balaban J connectivity index is 1.91. The lowest BCUT2D eigenvalue weighted by Crippen LogP contribution is -2.82. The predicted octanol–water partition coefficient (Wildman–Crippen LogP) is -0.407. The van der Waals surface area contributed by atoms with Gasteiger partial charge < -0.3 is 35.7 Å². The number of rotatable bonds is 1. The summed E-state index contributed by atoms with van der Waals surface area (Å²) < 4.78 is 0. The average Bonchev–Trinajstić information content (AvgIpc) is 2.85. The molecule has 7 N–H and O–H groups in total. The van der Waals surface area contributed by atoms with Gasteiger partial charge in [0.2, 0.25) is 0 Å². The van der Waals surface area contributed by atoms with E-state index >= 15 is 0 Å². The van der Waals surface area contributed by atoms with Gasteiger partial charge in [-0.1, -0.05) is 25.5 Å². The normalized spacial score (nSPS) is 59.7. The van der Waals surface area contributed by atoms with Crippen LogP contribution in [0.15, 0.2) is 11.6 Å². The predicted molar refractivity (Wildman–Crippen MR) is 100 cm³/mol. The summed E-state index contributed by atoms with van der Waals surface area (Å²) in [6.07, 6.45) is -1.29. The van der Waals surface area contributed by atoms with Crippen LogP contribution < -0.4 is 0 Å². The van der Waals surface area contributed by atoms with E-state index in [0.29, 0.717) is 19.3 Å². The summed E-state index contributed by atoms with van der Waals surface area (Å²) in [4.78, 5) is 0. The molecule has 0 radical (unpaired) electrons. The topological polar surface area (TPSA) is 142 Å². The van der Waals surface area contributed by atoms with E-state index in [-0.39, 0.29) is 19.3 Å². The van der Waals surface area contributed by atoms with Gasteiger partial charge in [-0.25, -0.2) is 0 Å². The van der Waals surface area contributed by atoms with Crippen LogP contribution in [0.1, 0.15) is 59.3 Å². The number of aliphatic hydroxyl groups is 7. The van der Waals surface area contributed by atoms with E-state index in [4.69, 9.17) is 0 Å². The monoisotopic (exact) mass is 398 g/mol. The number of aliphatic hydroxyl groups excluding tert-OH is 4. The van der Waals surface area contributed by atoms with Crippen molar-refractivity contribution in [3.8, 4) is 0 Å². The molecule has 0 spiro atoms. The molecular formula is C21H34O7. The number of hydrogen-bond donors (Lipinski definition) is 7. The van der Waals surface area contributed by atoms with Crippen LogP contribution in [0.2, 0.25) is 0 Å². The maximum Gasteiger partial charge on any atom is 0.105 e. The molecule has 0 aromatic carbocycles. The Morgan fingerprint density at radius 3 is 2.29 bits per heavy atom. The maximum atomic E-state index is 11.9. The maximum absolute atomic E-state index is 11.9. The van der Waals surface area contributed by atoms with Crippen LogP contribution in [-0.4, -0.2) is 77.0 Å². The molecule has 160 valence electrons. The molecule has 28 heavy (non-hydrogen) atoms. The zero-order valence-corrected chi connectivity index (χ0v) is 16.8. The first-order chi connectivity index (χ1) is 12.8. The largest absolute Gasteiger partial charge is 0.393 e. The van der Waals surface area contributed by atoms with Gasteiger partial charge in [-0.15, -0.1) is 0 Å². The second kappa shape index (κ2) is 5.78. The van der Waals surface area contributed by atoms with E-state index in [1.807, 2.05) is 13.0 Å². The molecule has 3 saturated carbocycles. The zero-order chi connectivity index (χ0) is 20.9. The average molecular weight is 398 g/mol. The summed E-state index contributed by atoms with van der Waals surface area (Å²) in [6, 6.07) is 0. The molecule has 0 bridgehead atoms. The molecule has 4 rings (SSSR count). The van der Waals surface area contributed by atoms with Gasteiger partial charge in [-0.05, 0) is 50.9 Å². The quantitative estimate of drug-likeness (QED) is 0.298. The molecule has 3 fully saturated rings. The van der Waals surface area contributed by atoms with Crippen molar-refractivity contribution in [1.82, 2.24) is 0 Å². The highest BCUT2D eigenvalue weighted by molar-refractivity contribution is 5.37. The Kier molecular flexibility index (Phi) is 4.28. The molecule has 0 aliphatic heterocycles. The molecule has 7 nitrogen and oxygen atoms in total. The van der Waals surface area contributed by atoms with E-state index in [1.54, 1.807) is 0 Å². The smallest absolute Gasteiger partial charge is 0.105 e. The molecule has 4 aliphatic rings. The third-order valence-electron chi connectivity index (χ3n) is 9.34. The van der Waals surface area contributed by atoms with Crippen molar-refractivity contribution < 1.29 is 35.7 Å². The highest BCUT2D eigenvalue weighted by Gasteiger charge is 2.82. The highest BCUT2D eigenvalue weighted by Crippen LogP contribution is 2.70. The minimum atomic E-state index is -1.89. The Morgan fingerprint density at radius 2 is 1.68 bits per heavy atom. The summed E-state index contributed by atoms with van der Waals surface area (Å²) in [5, 5.41) is 77.9. The summed E-state index contributed by atoms with van der Waals surface area (Å²) in [5.41, 5.74) is -6.99. The molecule has 7 heteroatoms. The number of fused-ring (bicyclic) bond motifs is 5. The Hall–Kier alpha value is -0.540. The molecule has 4 aliphatic carbocycles. The first kappa shape index (κ1) is 20.7. The standard InChI is InChI=1S/C21H34O7/c1-11(22)19(26)8-9-21(28)18(19,3)16(25)14(24)15-17(2)6-5-13(23)10-12(17)4-7-20(15,21)27/h4,11,13-16,22-28H,5-10H2,1-3H3/t11-,13-,14-,15+,16+,17-,18+,19+,20-,21+/m0/s1. The SMILES string of the molecule is C[C@H](O)[C@]1(O)CC[C@@]2(O)[C@]1(C)[C@H](O)[C@@H](O)[C@@H]1[C@@]3(C)CC[C@H](O)CC3=CC[C@]12O. The molecular weight excluding hydrogens is 364 g/mol. The van der Waals surface area contributed by atoms with Gasteiger partial charge in [0.05, 0.1) is 29.8 Å². The van der Waals surface area contributed by atoms with Crippen LogP contribution in [0.5, 0.6) is 0 Å². The number of hydrogen-bond acceptors (Lipinski definition) is 7. The first-order valence-electron chi connectivity index (χ1n) is 10.4. The van der Waals surface area contributed by atoms with E-state index in [9.17, 15) is 35.7 Å². The molecule has 10 atom stereocenters. The third-order valence-corrected chi connectivity index (χ3v) is 9.34. The fourth-order valence-corrected chi connectivity index (χ4v) is 7.49. The molecule has 0 aromatic rings. The molecule has 0 heterocycles. The minimum Gasteiger partial charge on any atom is -0.393 e. The van der Waals surface area contributed by atoms with Gasteiger partial charge in [-0.2, -0.15) is 0 Å². The second-order valence-corrected chi connectivity index (χ2v) is 10.2.